The molecule has 0 atom stereocenters. The third kappa shape index (κ3) is 4.21. The molecule has 110 valence electrons. The van der Waals surface area contributed by atoms with Gasteiger partial charge in [0.05, 0.1) is 5.56 Å². The van der Waals surface area contributed by atoms with Crippen LogP contribution in [0.1, 0.15) is 21.5 Å². The van der Waals surface area contributed by atoms with Crippen molar-refractivity contribution in [3.63, 3.8) is 0 Å². The second-order valence-electron chi connectivity index (χ2n) is 4.51. The first kappa shape index (κ1) is 15.4. The van der Waals surface area contributed by atoms with Crippen molar-refractivity contribution in [3.05, 3.63) is 64.2 Å². The highest BCUT2D eigenvalue weighted by Crippen LogP contribution is 2.19. The van der Waals surface area contributed by atoms with Crippen molar-refractivity contribution in [2.45, 2.75) is 13.0 Å². The molecule has 0 aliphatic heterocycles. The van der Waals surface area contributed by atoms with Crippen LogP contribution < -0.4 is 4.74 Å². The van der Waals surface area contributed by atoms with Crippen LogP contribution in [0.2, 0.25) is 5.02 Å². The Morgan fingerprint density at radius 1 is 1.14 bits per heavy atom. The fourth-order valence-electron chi connectivity index (χ4n) is 1.93. The van der Waals surface area contributed by atoms with Gasteiger partial charge in [0.1, 0.15) is 12.4 Å². The van der Waals surface area contributed by atoms with Crippen LogP contribution in [0, 0.1) is 0 Å². The van der Waals surface area contributed by atoms with Crippen LogP contribution in [0.25, 0.3) is 0 Å². The molecule has 0 spiro atoms. The van der Waals surface area contributed by atoms with Gasteiger partial charge in [-0.25, -0.2) is 4.79 Å². The summed E-state index contributed by atoms with van der Waals surface area (Å²) in [4.78, 5) is 11.1. The second-order valence-corrected chi connectivity index (χ2v) is 4.95. The molecule has 2 aromatic rings. The number of carboxylic acids is 1. The van der Waals surface area contributed by atoms with Crippen LogP contribution >= 0.6 is 11.6 Å². The standard InChI is InChI=1S/C16H15ClO4/c17-13-3-6-15(16(19)20)12(9-13)10-21-14-4-1-11(2-5-14)7-8-18/h1-6,9,18H,7-8,10H2,(H,19,20). The summed E-state index contributed by atoms with van der Waals surface area (Å²) in [6.07, 6.45) is 0.595. The van der Waals surface area contributed by atoms with Gasteiger partial charge in [-0.1, -0.05) is 23.7 Å². The number of hydrogen-bond donors (Lipinski definition) is 2. The summed E-state index contributed by atoms with van der Waals surface area (Å²) in [6, 6.07) is 11.9. The lowest BCUT2D eigenvalue weighted by Crippen LogP contribution is -2.05. The zero-order chi connectivity index (χ0) is 15.2. The van der Waals surface area contributed by atoms with Gasteiger partial charge in [-0.05, 0) is 42.3 Å². The van der Waals surface area contributed by atoms with E-state index in [1.165, 1.54) is 12.1 Å². The molecule has 2 rings (SSSR count). The van der Waals surface area contributed by atoms with Crippen molar-refractivity contribution in [2.24, 2.45) is 0 Å². The van der Waals surface area contributed by atoms with E-state index in [0.717, 1.165) is 5.56 Å². The molecule has 0 radical (unpaired) electrons. The highest BCUT2D eigenvalue weighted by molar-refractivity contribution is 6.30. The van der Waals surface area contributed by atoms with Crippen molar-refractivity contribution in [1.29, 1.82) is 0 Å². The van der Waals surface area contributed by atoms with Crippen molar-refractivity contribution in [1.82, 2.24) is 0 Å². The SMILES string of the molecule is O=C(O)c1ccc(Cl)cc1COc1ccc(CCO)cc1. The molecular weight excluding hydrogens is 292 g/mol. The maximum absolute atomic E-state index is 11.1. The molecule has 21 heavy (non-hydrogen) atoms. The number of rotatable bonds is 6. The van der Waals surface area contributed by atoms with Gasteiger partial charge in [0.15, 0.2) is 0 Å². The van der Waals surface area contributed by atoms with Crippen LogP contribution in [0.4, 0.5) is 0 Å². The topological polar surface area (TPSA) is 66.8 Å². The van der Waals surface area contributed by atoms with Crippen LogP contribution in [-0.4, -0.2) is 22.8 Å². The van der Waals surface area contributed by atoms with Gasteiger partial charge in [-0.2, -0.15) is 0 Å². The Balaban J connectivity index is 2.08. The van der Waals surface area contributed by atoms with E-state index in [9.17, 15) is 4.79 Å². The Kier molecular flexibility index (Phi) is 5.20. The van der Waals surface area contributed by atoms with Gasteiger partial charge >= 0.3 is 5.97 Å². The number of hydrogen-bond acceptors (Lipinski definition) is 3. The van der Waals surface area contributed by atoms with E-state index < -0.39 is 5.97 Å². The summed E-state index contributed by atoms with van der Waals surface area (Å²) in [5.41, 5.74) is 1.71. The Morgan fingerprint density at radius 2 is 1.86 bits per heavy atom. The largest absolute Gasteiger partial charge is 0.489 e. The van der Waals surface area contributed by atoms with Crippen LogP contribution in [0.5, 0.6) is 5.75 Å². The van der Waals surface area contributed by atoms with Crippen LogP contribution in [0.3, 0.4) is 0 Å². The van der Waals surface area contributed by atoms with Gasteiger partial charge in [-0.3, -0.25) is 0 Å². The number of carboxylic acid groups (broad SMARTS) is 1. The number of benzene rings is 2. The summed E-state index contributed by atoms with van der Waals surface area (Å²) in [5.74, 6) is -0.378. The molecule has 0 fully saturated rings. The molecule has 2 aromatic carbocycles. The molecule has 5 heteroatoms. The molecule has 0 aliphatic rings. The Morgan fingerprint density at radius 3 is 2.48 bits per heavy atom. The minimum Gasteiger partial charge on any atom is -0.489 e. The van der Waals surface area contributed by atoms with Crippen LogP contribution in [0.15, 0.2) is 42.5 Å². The molecule has 0 aromatic heterocycles. The molecule has 0 amide bonds. The first-order valence-electron chi connectivity index (χ1n) is 6.44. The zero-order valence-corrected chi connectivity index (χ0v) is 12.0. The van der Waals surface area contributed by atoms with Crippen molar-refractivity contribution in [2.75, 3.05) is 6.61 Å². The number of carbonyl (C=O) groups is 1. The molecule has 0 unspecified atom stereocenters. The number of aliphatic hydroxyl groups is 1. The Hall–Kier alpha value is -2.04. The summed E-state index contributed by atoms with van der Waals surface area (Å²) < 4.78 is 5.59. The fourth-order valence-corrected chi connectivity index (χ4v) is 2.13. The molecule has 2 N–H and O–H groups in total. The first-order chi connectivity index (χ1) is 10.1. The zero-order valence-electron chi connectivity index (χ0n) is 11.3. The molecule has 4 nitrogen and oxygen atoms in total. The lowest BCUT2D eigenvalue weighted by Gasteiger charge is -2.10. The molecule has 0 saturated carbocycles. The Labute approximate surface area is 127 Å². The van der Waals surface area contributed by atoms with E-state index in [1.807, 2.05) is 12.1 Å². The van der Waals surface area contributed by atoms with E-state index in [2.05, 4.69) is 0 Å². The van der Waals surface area contributed by atoms with Gasteiger partial charge in [0, 0.05) is 17.2 Å². The fraction of sp³-hybridized carbons (Fsp3) is 0.188. The second kappa shape index (κ2) is 7.11. The van der Waals surface area contributed by atoms with Gasteiger partial charge in [-0.15, -0.1) is 0 Å². The van der Waals surface area contributed by atoms with E-state index in [4.69, 9.17) is 26.6 Å². The summed E-state index contributed by atoms with van der Waals surface area (Å²) in [6.45, 7) is 0.228. The number of aliphatic hydroxyl groups excluding tert-OH is 1. The van der Waals surface area contributed by atoms with Gasteiger partial charge < -0.3 is 14.9 Å². The molecular formula is C16H15ClO4. The van der Waals surface area contributed by atoms with Gasteiger partial charge in [0.25, 0.3) is 0 Å². The first-order valence-corrected chi connectivity index (χ1v) is 6.82. The monoisotopic (exact) mass is 306 g/mol. The average molecular weight is 307 g/mol. The summed E-state index contributed by atoms with van der Waals surface area (Å²) in [5, 5.41) is 18.4. The van der Waals surface area contributed by atoms with Crippen molar-refractivity contribution < 1.29 is 19.7 Å². The molecule has 0 aliphatic carbocycles. The number of ether oxygens (including phenoxy) is 1. The minimum atomic E-state index is -1.01. The highest BCUT2D eigenvalue weighted by atomic mass is 35.5. The third-order valence-corrected chi connectivity index (χ3v) is 3.25. The minimum absolute atomic E-state index is 0.102. The lowest BCUT2D eigenvalue weighted by molar-refractivity contribution is 0.0694. The lowest BCUT2D eigenvalue weighted by atomic mass is 10.1. The predicted octanol–water partition coefficient (Wildman–Crippen LogP) is 3.15. The number of aromatic carboxylic acids is 1. The van der Waals surface area contributed by atoms with E-state index in [1.54, 1.807) is 18.2 Å². The normalized spacial score (nSPS) is 10.4. The Bertz CT molecular complexity index is 623. The van der Waals surface area contributed by atoms with Crippen LogP contribution in [-0.2, 0) is 13.0 Å². The summed E-state index contributed by atoms with van der Waals surface area (Å²) >= 11 is 5.89. The molecule has 0 saturated heterocycles. The highest BCUT2D eigenvalue weighted by Gasteiger charge is 2.11. The maximum Gasteiger partial charge on any atom is 0.336 e. The van der Waals surface area contributed by atoms with E-state index in [0.29, 0.717) is 22.8 Å². The summed E-state index contributed by atoms with van der Waals surface area (Å²) in [7, 11) is 0. The molecule has 0 heterocycles. The quantitative estimate of drug-likeness (QED) is 0.860. The third-order valence-electron chi connectivity index (χ3n) is 3.02. The predicted molar refractivity (Wildman–Crippen MR) is 80.0 cm³/mol. The average Bonchev–Trinajstić information content (AvgIpc) is 2.46. The van der Waals surface area contributed by atoms with Crippen molar-refractivity contribution in [3.8, 4) is 5.75 Å². The smallest absolute Gasteiger partial charge is 0.336 e. The van der Waals surface area contributed by atoms with Crippen molar-refractivity contribution >= 4 is 17.6 Å². The molecule has 0 bridgehead atoms. The van der Waals surface area contributed by atoms with E-state index >= 15 is 0 Å². The van der Waals surface area contributed by atoms with Gasteiger partial charge in [0.2, 0.25) is 0 Å². The van der Waals surface area contributed by atoms with E-state index in [-0.39, 0.29) is 18.8 Å². The number of halogens is 1. The maximum atomic E-state index is 11.1.